The Morgan fingerprint density at radius 2 is 2.32 bits per heavy atom. The van der Waals surface area contributed by atoms with Gasteiger partial charge in [-0.2, -0.15) is 5.10 Å². The van der Waals surface area contributed by atoms with Gasteiger partial charge in [-0.3, -0.25) is 4.68 Å². The predicted molar refractivity (Wildman–Crippen MR) is 92.2 cm³/mol. The Hall–Kier alpha value is -2.48. The van der Waals surface area contributed by atoms with Gasteiger partial charge in [-0.15, -0.1) is 0 Å². The minimum absolute atomic E-state index is 0.584. The van der Waals surface area contributed by atoms with Crippen molar-refractivity contribution in [1.82, 2.24) is 24.9 Å². The molecule has 0 saturated carbocycles. The summed E-state index contributed by atoms with van der Waals surface area (Å²) < 4.78 is 12.4. The van der Waals surface area contributed by atoms with Crippen LogP contribution in [0.3, 0.4) is 0 Å². The van der Waals surface area contributed by atoms with E-state index in [1.165, 1.54) is 18.3 Å². The van der Waals surface area contributed by atoms with Gasteiger partial charge >= 0.3 is 0 Å². The summed E-state index contributed by atoms with van der Waals surface area (Å²) in [5, 5.41) is 13.0. The average molecular weight is 342 g/mol. The molecule has 0 bridgehead atoms. The molecule has 0 amide bonds. The second-order valence-electron chi connectivity index (χ2n) is 6.58. The Morgan fingerprint density at radius 1 is 1.40 bits per heavy atom. The van der Waals surface area contributed by atoms with Crippen molar-refractivity contribution < 1.29 is 9.26 Å². The smallest absolute Gasteiger partial charge is 0.186 e. The zero-order chi connectivity index (χ0) is 17.2. The first kappa shape index (κ1) is 16.0. The molecule has 25 heavy (non-hydrogen) atoms. The molecule has 132 valence electrons. The van der Waals surface area contributed by atoms with Gasteiger partial charge in [0.25, 0.3) is 0 Å². The van der Waals surface area contributed by atoms with E-state index in [-0.39, 0.29) is 0 Å². The van der Waals surface area contributed by atoms with Gasteiger partial charge in [0.05, 0.1) is 25.1 Å². The van der Waals surface area contributed by atoms with Crippen LogP contribution < -0.4 is 5.32 Å². The number of rotatable bonds is 6. The molecule has 0 spiro atoms. The second kappa shape index (κ2) is 6.79. The fourth-order valence-electron chi connectivity index (χ4n) is 3.27. The van der Waals surface area contributed by atoms with Crippen LogP contribution in [0.15, 0.2) is 17.0 Å². The molecule has 0 aromatic carbocycles. The highest BCUT2D eigenvalue weighted by Crippen LogP contribution is 2.28. The SMILES string of the molecule is COCCn1cc2c(NCc3noc4c3CC(C)CC4)ncnc2n1. The third-order valence-corrected chi connectivity index (χ3v) is 4.68. The van der Waals surface area contributed by atoms with Gasteiger partial charge in [-0.1, -0.05) is 12.1 Å². The summed E-state index contributed by atoms with van der Waals surface area (Å²) in [6.07, 6.45) is 6.65. The van der Waals surface area contributed by atoms with Crippen molar-refractivity contribution in [2.45, 2.75) is 39.3 Å². The predicted octanol–water partition coefficient (Wildman–Crippen LogP) is 2.20. The number of aryl methyl sites for hydroxylation is 1. The van der Waals surface area contributed by atoms with Crippen molar-refractivity contribution in [3.05, 3.63) is 29.5 Å². The molecular formula is C17H22N6O2. The van der Waals surface area contributed by atoms with Crippen LogP contribution in [-0.4, -0.2) is 38.6 Å². The van der Waals surface area contributed by atoms with E-state index in [9.17, 15) is 0 Å². The molecule has 3 heterocycles. The number of aromatic nitrogens is 5. The lowest BCUT2D eigenvalue weighted by Crippen LogP contribution is -2.12. The molecule has 0 fully saturated rings. The van der Waals surface area contributed by atoms with Crippen molar-refractivity contribution in [2.24, 2.45) is 5.92 Å². The average Bonchev–Trinajstić information content (AvgIpc) is 3.21. The van der Waals surface area contributed by atoms with Crippen LogP contribution in [0.4, 0.5) is 5.82 Å². The van der Waals surface area contributed by atoms with Crippen LogP contribution in [-0.2, 0) is 30.7 Å². The largest absolute Gasteiger partial charge is 0.383 e. The number of anilines is 1. The molecule has 8 heteroatoms. The minimum Gasteiger partial charge on any atom is -0.383 e. The molecular weight excluding hydrogens is 320 g/mol. The first-order valence-corrected chi connectivity index (χ1v) is 8.62. The molecule has 1 aliphatic rings. The highest BCUT2D eigenvalue weighted by Gasteiger charge is 2.23. The van der Waals surface area contributed by atoms with E-state index in [0.29, 0.717) is 31.3 Å². The molecule has 8 nitrogen and oxygen atoms in total. The van der Waals surface area contributed by atoms with Gasteiger partial charge in [0.2, 0.25) is 0 Å². The summed E-state index contributed by atoms with van der Waals surface area (Å²) in [6, 6.07) is 0. The van der Waals surface area contributed by atoms with Gasteiger partial charge in [0, 0.05) is 25.3 Å². The van der Waals surface area contributed by atoms with Crippen molar-refractivity contribution in [1.29, 1.82) is 0 Å². The van der Waals surface area contributed by atoms with Crippen LogP contribution in [0.25, 0.3) is 11.0 Å². The van der Waals surface area contributed by atoms with E-state index in [0.717, 1.165) is 35.5 Å². The van der Waals surface area contributed by atoms with Crippen molar-refractivity contribution >= 4 is 16.9 Å². The van der Waals surface area contributed by atoms with Gasteiger partial charge in [0.1, 0.15) is 23.6 Å². The van der Waals surface area contributed by atoms with E-state index in [1.807, 2.05) is 10.9 Å². The lowest BCUT2D eigenvalue weighted by Gasteiger charge is -2.16. The number of hydrogen-bond donors (Lipinski definition) is 1. The summed E-state index contributed by atoms with van der Waals surface area (Å²) in [6.45, 7) is 4.14. The van der Waals surface area contributed by atoms with E-state index in [1.54, 1.807) is 7.11 Å². The summed E-state index contributed by atoms with van der Waals surface area (Å²) in [7, 11) is 1.68. The highest BCUT2D eigenvalue weighted by molar-refractivity contribution is 5.85. The molecule has 1 unspecified atom stereocenters. The summed E-state index contributed by atoms with van der Waals surface area (Å²) >= 11 is 0. The Labute approximate surface area is 145 Å². The number of ether oxygens (including phenoxy) is 1. The number of hydrogen-bond acceptors (Lipinski definition) is 7. The fraction of sp³-hybridized carbons (Fsp3) is 0.529. The van der Waals surface area contributed by atoms with Gasteiger partial charge in [-0.05, 0) is 18.8 Å². The third-order valence-electron chi connectivity index (χ3n) is 4.68. The first-order valence-electron chi connectivity index (χ1n) is 8.62. The fourth-order valence-corrected chi connectivity index (χ4v) is 3.27. The minimum atomic E-state index is 0.584. The Bertz CT molecular complexity index is 871. The molecule has 3 aromatic heterocycles. The molecule has 1 atom stereocenters. The van der Waals surface area contributed by atoms with Crippen LogP contribution in [0, 0.1) is 5.92 Å². The van der Waals surface area contributed by atoms with Crippen molar-refractivity contribution in [3.63, 3.8) is 0 Å². The molecule has 0 radical (unpaired) electrons. The Balaban J connectivity index is 1.53. The lowest BCUT2D eigenvalue weighted by atomic mass is 9.88. The van der Waals surface area contributed by atoms with Crippen LogP contribution in [0.1, 0.15) is 30.4 Å². The van der Waals surface area contributed by atoms with E-state index in [4.69, 9.17) is 9.26 Å². The molecule has 1 N–H and O–H groups in total. The topological polar surface area (TPSA) is 90.9 Å². The van der Waals surface area contributed by atoms with E-state index in [2.05, 4.69) is 32.5 Å². The van der Waals surface area contributed by atoms with Crippen LogP contribution in [0.2, 0.25) is 0 Å². The lowest BCUT2D eigenvalue weighted by molar-refractivity contribution is 0.184. The monoisotopic (exact) mass is 342 g/mol. The number of nitrogens with zero attached hydrogens (tertiary/aromatic N) is 5. The molecule has 0 saturated heterocycles. The van der Waals surface area contributed by atoms with Crippen LogP contribution in [0.5, 0.6) is 0 Å². The number of fused-ring (bicyclic) bond motifs is 2. The first-order chi connectivity index (χ1) is 12.2. The van der Waals surface area contributed by atoms with Gasteiger partial charge in [0.15, 0.2) is 5.65 Å². The third kappa shape index (κ3) is 3.21. The highest BCUT2D eigenvalue weighted by atomic mass is 16.5. The van der Waals surface area contributed by atoms with Crippen LogP contribution >= 0.6 is 0 Å². The molecule has 3 aromatic rings. The van der Waals surface area contributed by atoms with Crippen molar-refractivity contribution in [3.8, 4) is 0 Å². The van der Waals surface area contributed by atoms with Gasteiger partial charge < -0.3 is 14.6 Å². The van der Waals surface area contributed by atoms with Gasteiger partial charge in [-0.25, -0.2) is 9.97 Å². The zero-order valence-corrected chi connectivity index (χ0v) is 14.5. The van der Waals surface area contributed by atoms with Crippen molar-refractivity contribution in [2.75, 3.05) is 19.0 Å². The maximum Gasteiger partial charge on any atom is 0.186 e. The van der Waals surface area contributed by atoms with E-state index >= 15 is 0 Å². The Morgan fingerprint density at radius 3 is 3.20 bits per heavy atom. The zero-order valence-electron chi connectivity index (χ0n) is 14.5. The van der Waals surface area contributed by atoms with E-state index < -0.39 is 0 Å². The summed E-state index contributed by atoms with van der Waals surface area (Å²) in [5.74, 6) is 2.47. The molecule has 4 rings (SSSR count). The normalized spacial score (nSPS) is 17.0. The number of nitrogens with one attached hydrogen (secondary N) is 1. The molecule has 1 aliphatic carbocycles. The summed E-state index contributed by atoms with van der Waals surface area (Å²) in [5.41, 5.74) is 2.90. The maximum absolute atomic E-state index is 5.51. The molecule has 0 aliphatic heterocycles. The maximum atomic E-state index is 5.51. The summed E-state index contributed by atoms with van der Waals surface area (Å²) in [4.78, 5) is 8.60. The number of methoxy groups -OCH3 is 1. The quantitative estimate of drug-likeness (QED) is 0.734. The standard InChI is InChI=1S/C17H22N6O2/c1-11-3-4-15-12(7-11)14(22-25-15)8-18-16-13-9-23(5-6-24-2)21-17(13)20-10-19-16/h9-11H,3-8H2,1-2H3,(H,18,19,20,21). The second-order valence-corrected chi connectivity index (χ2v) is 6.58. The Kier molecular flexibility index (Phi) is 4.35.